The van der Waals surface area contributed by atoms with Gasteiger partial charge >= 0.3 is 0 Å². The molecule has 1 aromatic rings. The summed E-state index contributed by atoms with van der Waals surface area (Å²) in [5.74, 6) is 0.491. The largest absolute Gasteiger partial charge is 0.282 e. The van der Waals surface area contributed by atoms with Crippen LogP contribution in [0, 0.1) is 0 Å². The van der Waals surface area contributed by atoms with E-state index in [1.807, 2.05) is 6.20 Å². The van der Waals surface area contributed by atoms with Gasteiger partial charge in [-0.05, 0) is 17.9 Å². The standard InChI is InChI=1S/C10H16N2/c1-5-8(4)9-6-11-12-10(9)7(2)3/h6-7H,4-5H2,1-3H3,(H,11,12). The molecule has 0 saturated carbocycles. The first-order valence-corrected chi connectivity index (χ1v) is 4.38. The van der Waals surface area contributed by atoms with Crippen molar-refractivity contribution in [3.8, 4) is 0 Å². The number of aromatic amines is 1. The van der Waals surface area contributed by atoms with E-state index in [1.165, 1.54) is 11.3 Å². The summed E-state index contributed by atoms with van der Waals surface area (Å²) in [5, 5.41) is 7.04. The van der Waals surface area contributed by atoms with E-state index in [-0.39, 0.29) is 0 Å². The predicted molar refractivity (Wildman–Crippen MR) is 52.0 cm³/mol. The molecule has 0 aliphatic rings. The Morgan fingerprint density at radius 3 is 2.83 bits per heavy atom. The quantitative estimate of drug-likeness (QED) is 0.731. The number of nitrogens with one attached hydrogen (secondary N) is 1. The fourth-order valence-electron chi connectivity index (χ4n) is 1.21. The van der Waals surface area contributed by atoms with Crippen LogP contribution in [0.1, 0.15) is 44.4 Å². The molecule has 1 heterocycles. The highest BCUT2D eigenvalue weighted by molar-refractivity contribution is 5.64. The molecule has 12 heavy (non-hydrogen) atoms. The molecule has 0 fully saturated rings. The van der Waals surface area contributed by atoms with Crippen molar-refractivity contribution in [3.63, 3.8) is 0 Å². The highest BCUT2D eigenvalue weighted by Crippen LogP contribution is 2.23. The maximum Gasteiger partial charge on any atom is 0.0565 e. The normalized spacial score (nSPS) is 10.7. The molecule has 0 saturated heterocycles. The average molecular weight is 164 g/mol. The van der Waals surface area contributed by atoms with Crippen molar-refractivity contribution in [2.45, 2.75) is 33.1 Å². The van der Waals surface area contributed by atoms with Gasteiger partial charge in [-0.15, -0.1) is 0 Å². The van der Waals surface area contributed by atoms with Crippen LogP contribution in [0.15, 0.2) is 12.8 Å². The Hall–Kier alpha value is -1.05. The summed E-state index contributed by atoms with van der Waals surface area (Å²) in [6, 6.07) is 0. The van der Waals surface area contributed by atoms with Crippen molar-refractivity contribution in [3.05, 3.63) is 24.0 Å². The second kappa shape index (κ2) is 3.57. The maximum atomic E-state index is 4.03. The van der Waals surface area contributed by atoms with Gasteiger partial charge in [0.2, 0.25) is 0 Å². The fourth-order valence-corrected chi connectivity index (χ4v) is 1.21. The van der Waals surface area contributed by atoms with Crippen molar-refractivity contribution in [2.24, 2.45) is 0 Å². The van der Waals surface area contributed by atoms with Gasteiger partial charge in [0.05, 0.1) is 6.20 Å². The number of hydrogen-bond acceptors (Lipinski definition) is 1. The molecule has 2 nitrogen and oxygen atoms in total. The predicted octanol–water partition coefficient (Wildman–Crippen LogP) is 2.96. The zero-order valence-electron chi connectivity index (χ0n) is 8.02. The second-order valence-corrected chi connectivity index (χ2v) is 3.31. The van der Waals surface area contributed by atoms with Crippen LogP contribution >= 0.6 is 0 Å². The van der Waals surface area contributed by atoms with Crippen LogP contribution in [0.5, 0.6) is 0 Å². The summed E-state index contributed by atoms with van der Waals surface area (Å²) >= 11 is 0. The molecule has 1 rings (SSSR count). The lowest BCUT2D eigenvalue weighted by molar-refractivity contribution is 0.807. The van der Waals surface area contributed by atoms with Crippen LogP contribution in [0.3, 0.4) is 0 Å². The summed E-state index contributed by atoms with van der Waals surface area (Å²) in [6.45, 7) is 10.4. The van der Waals surface area contributed by atoms with E-state index in [4.69, 9.17) is 0 Å². The van der Waals surface area contributed by atoms with Crippen LogP contribution in [-0.2, 0) is 0 Å². The molecule has 0 spiro atoms. The molecular weight excluding hydrogens is 148 g/mol. The first-order chi connectivity index (χ1) is 5.66. The van der Waals surface area contributed by atoms with Crippen molar-refractivity contribution < 1.29 is 0 Å². The first-order valence-electron chi connectivity index (χ1n) is 4.38. The molecule has 0 aliphatic heterocycles. The second-order valence-electron chi connectivity index (χ2n) is 3.31. The number of hydrogen-bond donors (Lipinski definition) is 1. The Labute approximate surface area is 73.7 Å². The van der Waals surface area contributed by atoms with Gasteiger partial charge < -0.3 is 0 Å². The minimum absolute atomic E-state index is 0.491. The number of H-pyrrole nitrogens is 1. The fraction of sp³-hybridized carbons (Fsp3) is 0.500. The van der Waals surface area contributed by atoms with Crippen LogP contribution in [-0.4, -0.2) is 10.2 Å². The van der Waals surface area contributed by atoms with E-state index in [0.29, 0.717) is 5.92 Å². The third-order valence-electron chi connectivity index (χ3n) is 2.05. The zero-order valence-corrected chi connectivity index (χ0v) is 8.02. The molecule has 0 radical (unpaired) electrons. The van der Waals surface area contributed by atoms with Crippen LogP contribution in [0.4, 0.5) is 0 Å². The minimum atomic E-state index is 0.491. The Morgan fingerprint density at radius 2 is 2.33 bits per heavy atom. The Bertz CT molecular complexity index is 271. The summed E-state index contributed by atoms with van der Waals surface area (Å²) in [6.07, 6.45) is 2.85. The topological polar surface area (TPSA) is 28.7 Å². The van der Waals surface area contributed by atoms with Gasteiger partial charge in [0.25, 0.3) is 0 Å². The lowest BCUT2D eigenvalue weighted by atomic mass is 10.00. The minimum Gasteiger partial charge on any atom is -0.282 e. The van der Waals surface area contributed by atoms with Crippen molar-refractivity contribution in [1.29, 1.82) is 0 Å². The van der Waals surface area contributed by atoms with Gasteiger partial charge in [0.1, 0.15) is 0 Å². The van der Waals surface area contributed by atoms with Gasteiger partial charge in [-0.25, -0.2) is 0 Å². The van der Waals surface area contributed by atoms with Crippen molar-refractivity contribution in [1.82, 2.24) is 10.2 Å². The van der Waals surface area contributed by atoms with Crippen molar-refractivity contribution >= 4 is 5.57 Å². The van der Waals surface area contributed by atoms with Crippen LogP contribution in [0.2, 0.25) is 0 Å². The van der Waals surface area contributed by atoms with E-state index >= 15 is 0 Å². The van der Waals surface area contributed by atoms with Crippen LogP contribution < -0.4 is 0 Å². The first kappa shape index (κ1) is 9.04. The summed E-state index contributed by atoms with van der Waals surface area (Å²) in [7, 11) is 0. The average Bonchev–Trinajstić information content (AvgIpc) is 2.50. The Morgan fingerprint density at radius 1 is 1.67 bits per heavy atom. The van der Waals surface area contributed by atoms with Gasteiger partial charge in [-0.3, -0.25) is 5.10 Å². The summed E-state index contributed by atoms with van der Waals surface area (Å²) in [4.78, 5) is 0. The number of allylic oxidation sites excluding steroid dienone is 1. The third kappa shape index (κ3) is 1.58. The van der Waals surface area contributed by atoms with Gasteiger partial charge in [0, 0.05) is 11.3 Å². The molecule has 0 atom stereocenters. The van der Waals surface area contributed by atoms with E-state index in [9.17, 15) is 0 Å². The Balaban J connectivity index is 2.99. The number of aromatic nitrogens is 2. The lowest BCUT2D eigenvalue weighted by Crippen LogP contribution is -1.92. The van der Waals surface area contributed by atoms with E-state index in [2.05, 4.69) is 37.5 Å². The highest BCUT2D eigenvalue weighted by atomic mass is 15.1. The molecule has 0 aliphatic carbocycles. The van der Waals surface area contributed by atoms with Crippen LogP contribution in [0.25, 0.3) is 5.57 Å². The van der Waals surface area contributed by atoms with Gasteiger partial charge in [0.15, 0.2) is 0 Å². The zero-order chi connectivity index (χ0) is 9.14. The molecule has 0 aromatic carbocycles. The lowest BCUT2D eigenvalue weighted by Gasteiger charge is -2.06. The summed E-state index contributed by atoms with van der Waals surface area (Å²) < 4.78 is 0. The summed E-state index contributed by atoms with van der Waals surface area (Å²) in [5.41, 5.74) is 3.54. The van der Waals surface area contributed by atoms with E-state index in [1.54, 1.807) is 0 Å². The monoisotopic (exact) mass is 164 g/mol. The van der Waals surface area contributed by atoms with Gasteiger partial charge in [-0.2, -0.15) is 5.10 Å². The molecule has 0 bridgehead atoms. The molecule has 1 aromatic heterocycles. The van der Waals surface area contributed by atoms with E-state index in [0.717, 1.165) is 12.0 Å². The smallest absolute Gasteiger partial charge is 0.0565 e. The molecule has 2 heteroatoms. The molecular formula is C10H16N2. The number of rotatable bonds is 3. The Kier molecular flexibility index (Phi) is 2.69. The number of nitrogens with zero attached hydrogens (tertiary/aromatic N) is 1. The molecule has 66 valence electrons. The molecule has 0 unspecified atom stereocenters. The molecule has 1 N–H and O–H groups in total. The van der Waals surface area contributed by atoms with E-state index < -0.39 is 0 Å². The SMILES string of the molecule is C=C(CC)c1cn[nH]c1C(C)C. The van der Waals surface area contributed by atoms with Crippen molar-refractivity contribution in [2.75, 3.05) is 0 Å². The van der Waals surface area contributed by atoms with Gasteiger partial charge in [-0.1, -0.05) is 27.4 Å². The highest BCUT2D eigenvalue weighted by Gasteiger charge is 2.09. The third-order valence-corrected chi connectivity index (χ3v) is 2.05. The maximum absolute atomic E-state index is 4.03. The molecule has 0 amide bonds.